The summed E-state index contributed by atoms with van der Waals surface area (Å²) < 4.78 is 0. The number of nitrogen functional groups attached to an aromatic ring is 1. The Hall–Kier alpha value is -2.11. The van der Waals surface area contributed by atoms with Crippen molar-refractivity contribution in [3.8, 4) is 0 Å². The molecule has 0 unspecified atom stereocenters. The first kappa shape index (κ1) is 16.7. The number of hydrogen-bond acceptors (Lipinski definition) is 8. The van der Waals surface area contributed by atoms with Gasteiger partial charge in [0.2, 0.25) is 5.91 Å². The molecule has 0 radical (unpaired) electrons. The number of amides is 2. The highest BCUT2D eigenvalue weighted by Gasteiger charge is 2.54. The number of carbonyl (C=O) groups excluding carboxylic acids is 2. The predicted octanol–water partition coefficient (Wildman–Crippen LogP) is -1.00. The van der Waals surface area contributed by atoms with E-state index in [1.54, 1.807) is 5.38 Å². The van der Waals surface area contributed by atoms with Gasteiger partial charge >= 0.3 is 5.97 Å². The van der Waals surface area contributed by atoms with Crippen LogP contribution in [0.5, 0.6) is 0 Å². The van der Waals surface area contributed by atoms with E-state index in [1.807, 2.05) is 0 Å². The van der Waals surface area contributed by atoms with Crippen LogP contribution in [0.1, 0.15) is 5.69 Å². The number of anilines is 1. The van der Waals surface area contributed by atoms with Gasteiger partial charge in [0.25, 0.3) is 5.91 Å². The zero-order valence-corrected chi connectivity index (χ0v) is 13.9. The van der Waals surface area contributed by atoms with Gasteiger partial charge in [-0.1, -0.05) is 0 Å². The molecule has 2 amide bonds. The van der Waals surface area contributed by atoms with Crippen LogP contribution in [-0.4, -0.2) is 61.7 Å². The smallest absolute Gasteiger partial charge is 0.352 e. The topological polar surface area (TPSA) is 146 Å². The Bertz CT molecular complexity index is 746. The number of aliphatic hydroxyl groups is 1. The summed E-state index contributed by atoms with van der Waals surface area (Å²) in [4.78, 5) is 40.7. The molecule has 1 aromatic rings. The summed E-state index contributed by atoms with van der Waals surface area (Å²) >= 11 is 2.53. The molecular formula is C13H14N4O5S2. The number of rotatable bonds is 5. The highest BCUT2D eigenvalue weighted by atomic mass is 32.2. The van der Waals surface area contributed by atoms with Gasteiger partial charge in [0.1, 0.15) is 17.1 Å². The first-order valence-corrected chi connectivity index (χ1v) is 8.85. The number of nitrogens with zero attached hydrogens (tertiary/aromatic N) is 2. The monoisotopic (exact) mass is 370 g/mol. The first-order chi connectivity index (χ1) is 11.4. The van der Waals surface area contributed by atoms with Crippen molar-refractivity contribution in [3.63, 3.8) is 0 Å². The van der Waals surface area contributed by atoms with Crippen LogP contribution in [0.15, 0.2) is 16.7 Å². The van der Waals surface area contributed by atoms with E-state index in [2.05, 4.69) is 10.3 Å². The van der Waals surface area contributed by atoms with Crippen LogP contribution < -0.4 is 11.1 Å². The van der Waals surface area contributed by atoms with Crippen LogP contribution in [0.4, 0.5) is 5.13 Å². The van der Waals surface area contributed by atoms with Crippen LogP contribution in [0.2, 0.25) is 0 Å². The largest absolute Gasteiger partial charge is 0.477 e. The highest BCUT2D eigenvalue weighted by Crippen LogP contribution is 2.40. The number of carbonyl (C=O) groups is 3. The molecule has 0 aliphatic carbocycles. The number of carboxylic acids is 1. The Labute approximate surface area is 144 Å². The van der Waals surface area contributed by atoms with E-state index >= 15 is 0 Å². The SMILES string of the molecule is Nc1nc(CC(=O)N[C@H]2C(=O)N3C(C(=O)O)=C(CO)CS[C@H]23)cs1. The second-order valence-corrected chi connectivity index (χ2v) is 7.22. The summed E-state index contributed by atoms with van der Waals surface area (Å²) in [6.07, 6.45) is -0.00160. The molecule has 128 valence electrons. The van der Waals surface area contributed by atoms with Crippen molar-refractivity contribution in [1.82, 2.24) is 15.2 Å². The van der Waals surface area contributed by atoms with Gasteiger partial charge in [-0.3, -0.25) is 14.5 Å². The van der Waals surface area contributed by atoms with Crippen molar-refractivity contribution in [2.45, 2.75) is 17.8 Å². The highest BCUT2D eigenvalue weighted by molar-refractivity contribution is 8.00. The molecule has 1 aromatic heterocycles. The molecule has 2 aliphatic rings. The standard InChI is InChI=1S/C13H14N4O5S2/c14-13-15-6(4-24-13)1-7(19)16-8-10(20)17-9(12(21)22)5(2-18)3-23-11(8)17/h4,8,11,18H,1-3H2,(H2,14,15)(H,16,19)(H,21,22)/t8-,11+/m0/s1. The third-order valence-electron chi connectivity index (χ3n) is 3.67. The minimum Gasteiger partial charge on any atom is -0.477 e. The summed E-state index contributed by atoms with van der Waals surface area (Å²) in [5, 5.41) is 22.7. The zero-order chi connectivity index (χ0) is 17.4. The molecule has 0 spiro atoms. The predicted molar refractivity (Wildman–Crippen MR) is 87.0 cm³/mol. The van der Waals surface area contributed by atoms with E-state index in [-0.39, 0.29) is 18.0 Å². The molecule has 11 heteroatoms. The molecule has 1 saturated heterocycles. The number of hydrogen-bond donors (Lipinski definition) is 4. The van der Waals surface area contributed by atoms with Crippen molar-refractivity contribution in [1.29, 1.82) is 0 Å². The molecule has 3 rings (SSSR count). The Balaban J connectivity index is 1.68. The maximum absolute atomic E-state index is 12.2. The lowest BCUT2D eigenvalue weighted by molar-refractivity contribution is -0.150. The van der Waals surface area contributed by atoms with Crippen LogP contribution in [-0.2, 0) is 20.8 Å². The van der Waals surface area contributed by atoms with Gasteiger partial charge in [0.05, 0.1) is 18.7 Å². The maximum Gasteiger partial charge on any atom is 0.352 e. The molecule has 5 N–H and O–H groups in total. The van der Waals surface area contributed by atoms with Crippen molar-refractivity contribution < 1.29 is 24.6 Å². The van der Waals surface area contributed by atoms with Gasteiger partial charge in [0.15, 0.2) is 5.13 Å². The molecule has 9 nitrogen and oxygen atoms in total. The minimum atomic E-state index is -1.26. The molecule has 24 heavy (non-hydrogen) atoms. The Morgan fingerprint density at radius 1 is 1.50 bits per heavy atom. The van der Waals surface area contributed by atoms with Crippen molar-refractivity contribution >= 4 is 46.0 Å². The number of aliphatic carboxylic acids is 1. The van der Waals surface area contributed by atoms with E-state index in [0.29, 0.717) is 22.2 Å². The van der Waals surface area contributed by atoms with Crippen LogP contribution in [0.25, 0.3) is 0 Å². The number of fused-ring (bicyclic) bond motifs is 1. The quantitative estimate of drug-likeness (QED) is 0.483. The summed E-state index contributed by atoms with van der Waals surface area (Å²) in [6.45, 7) is -0.423. The van der Waals surface area contributed by atoms with Gasteiger partial charge in [-0.2, -0.15) is 0 Å². The summed E-state index contributed by atoms with van der Waals surface area (Å²) in [5.74, 6) is -1.85. The molecule has 3 heterocycles. The van der Waals surface area contributed by atoms with E-state index in [1.165, 1.54) is 23.1 Å². The minimum absolute atomic E-state index is 0.00160. The van der Waals surface area contributed by atoms with Gasteiger partial charge in [0, 0.05) is 11.1 Å². The fourth-order valence-electron chi connectivity index (χ4n) is 2.60. The Morgan fingerprint density at radius 3 is 2.83 bits per heavy atom. The zero-order valence-electron chi connectivity index (χ0n) is 12.3. The number of nitrogens with one attached hydrogen (secondary N) is 1. The average Bonchev–Trinajstić information content (AvgIpc) is 2.95. The fourth-order valence-corrected chi connectivity index (χ4v) is 4.50. The summed E-state index contributed by atoms with van der Waals surface area (Å²) in [5.41, 5.74) is 6.12. The number of aliphatic hydroxyl groups excluding tert-OH is 1. The van der Waals surface area contributed by atoms with Crippen LogP contribution >= 0.6 is 23.1 Å². The number of β-lactam (4-membered cyclic amide) rings is 1. The van der Waals surface area contributed by atoms with Gasteiger partial charge in [-0.05, 0) is 5.57 Å². The molecule has 1 fully saturated rings. The van der Waals surface area contributed by atoms with Crippen molar-refractivity contribution in [3.05, 3.63) is 22.3 Å². The second-order valence-electron chi connectivity index (χ2n) is 5.22. The summed E-state index contributed by atoms with van der Waals surface area (Å²) in [7, 11) is 0. The van der Waals surface area contributed by atoms with Gasteiger partial charge in [-0.15, -0.1) is 23.1 Å². The Morgan fingerprint density at radius 2 is 2.25 bits per heavy atom. The number of nitrogens with two attached hydrogens (primary N) is 1. The maximum atomic E-state index is 12.2. The number of thiazole rings is 1. The number of thioether (sulfide) groups is 1. The van der Waals surface area contributed by atoms with E-state index in [9.17, 15) is 24.6 Å². The lowest BCUT2D eigenvalue weighted by Gasteiger charge is -2.49. The molecule has 2 atom stereocenters. The van der Waals surface area contributed by atoms with Crippen LogP contribution in [0.3, 0.4) is 0 Å². The van der Waals surface area contributed by atoms with E-state index in [0.717, 1.165) is 4.90 Å². The van der Waals surface area contributed by atoms with Crippen molar-refractivity contribution in [2.24, 2.45) is 0 Å². The van der Waals surface area contributed by atoms with Crippen LogP contribution in [0, 0.1) is 0 Å². The van der Waals surface area contributed by atoms with E-state index in [4.69, 9.17) is 5.73 Å². The average molecular weight is 370 g/mol. The fraction of sp³-hybridized carbons (Fsp3) is 0.385. The summed E-state index contributed by atoms with van der Waals surface area (Å²) in [6, 6.07) is -0.784. The van der Waals surface area contributed by atoms with Gasteiger partial charge in [-0.25, -0.2) is 9.78 Å². The lowest BCUT2D eigenvalue weighted by Crippen LogP contribution is -2.70. The van der Waals surface area contributed by atoms with E-state index < -0.39 is 29.9 Å². The van der Waals surface area contributed by atoms with Gasteiger partial charge < -0.3 is 21.3 Å². The normalized spacial score (nSPS) is 22.9. The molecule has 0 bridgehead atoms. The second kappa shape index (κ2) is 6.42. The number of aromatic nitrogens is 1. The third-order valence-corrected chi connectivity index (χ3v) is 5.73. The molecule has 0 aromatic carbocycles. The molecular weight excluding hydrogens is 356 g/mol. The number of carboxylic acid groups (broad SMARTS) is 1. The van der Waals surface area contributed by atoms with Crippen molar-refractivity contribution in [2.75, 3.05) is 18.1 Å². The lowest BCUT2D eigenvalue weighted by atomic mass is 10.0. The third kappa shape index (κ3) is 2.85. The molecule has 0 saturated carbocycles. The Kier molecular flexibility index (Phi) is 4.47. The molecule has 2 aliphatic heterocycles. The first-order valence-electron chi connectivity index (χ1n) is 6.92.